The Labute approximate surface area is 151 Å². The number of fused-ring (bicyclic) bond motifs is 1. The van der Waals surface area contributed by atoms with E-state index in [1.54, 1.807) is 4.68 Å². The van der Waals surface area contributed by atoms with Crippen molar-refractivity contribution in [3.05, 3.63) is 30.2 Å². The molecule has 1 aliphatic heterocycles. The Morgan fingerprint density at radius 1 is 1.26 bits per heavy atom. The van der Waals surface area contributed by atoms with Crippen LogP contribution in [0, 0.1) is 0 Å². The predicted octanol–water partition coefficient (Wildman–Crippen LogP) is 2.54. The second-order valence-corrected chi connectivity index (χ2v) is 6.19. The van der Waals surface area contributed by atoms with Crippen LogP contribution in [0.15, 0.2) is 24.7 Å². The fraction of sp³-hybridized carbons (Fsp3) is 0.375. The number of hydrogen-bond acceptors (Lipinski definition) is 7. The molecule has 3 N–H and O–H groups in total. The smallest absolute Gasteiger partial charge is 0.416 e. The first-order valence-corrected chi connectivity index (χ1v) is 8.34. The standard InChI is InChI=1S/C16H16F3N7O/c17-16(18,19)9-3-5-22-11(6-9)27-15-12-13(20)23-8-24-14(12)26(25-15)10-2-1-4-21-7-10/h3,5-6,8,10,21H,1-2,4,7H2,(H2,20,23,24). The summed E-state index contributed by atoms with van der Waals surface area (Å²) in [6.45, 7) is 1.62. The fourth-order valence-corrected chi connectivity index (χ4v) is 3.07. The van der Waals surface area contributed by atoms with Crippen molar-refractivity contribution in [1.29, 1.82) is 0 Å². The van der Waals surface area contributed by atoms with Crippen LogP contribution >= 0.6 is 0 Å². The number of pyridine rings is 1. The Morgan fingerprint density at radius 2 is 2.11 bits per heavy atom. The number of hydrogen-bond donors (Lipinski definition) is 2. The van der Waals surface area contributed by atoms with Gasteiger partial charge in [-0.3, -0.25) is 0 Å². The van der Waals surface area contributed by atoms with E-state index in [-0.39, 0.29) is 23.6 Å². The second kappa shape index (κ2) is 6.65. The molecule has 0 amide bonds. The van der Waals surface area contributed by atoms with Crippen LogP contribution in [0.3, 0.4) is 0 Å². The van der Waals surface area contributed by atoms with Crippen LogP contribution in [0.2, 0.25) is 0 Å². The normalized spacial score (nSPS) is 18.0. The molecule has 11 heteroatoms. The molecule has 0 aliphatic carbocycles. The van der Waals surface area contributed by atoms with Crippen LogP contribution in [0.25, 0.3) is 11.0 Å². The molecule has 0 radical (unpaired) electrons. The summed E-state index contributed by atoms with van der Waals surface area (Å²) in [5.74, 6) is -0.0705. The van der Waals surface area contributed by atoms with Gasteiger partial charge in [-0.15, -0.1) is 5.10 Å². The lowest BCUT2D eigenvalue weighted by molar-refractivity contribution is -0.137. The van der Waals surface area contributed by atoms with Gasteiger partial charge in [0.15, 0.2) is 5.65 Å². The van der Waals surface area contributed by atoms with E-state index in [4.69, 9.17) is 10.5 Å². The first-order chi connectivity index (χ1) is 12.9. The number of rotatable bonds is 3. The van der Waals surface area contributed by atoms with E-state index < -0.39 is 11.7 Å². The number of nitrogens with zero attached hydrogens (tertiary/aromatic N) is 5. The van der Waals surface area contributed by atoms with Crippen LogP contribution in [0.5, 0.6) is 11.8 Å². The molecule has 1 atom stereocenters. The van der Waals surface area contributed by atoms with E-state index in [9.17, 15) is 13.2 Å². The minimum Gasteiger partial charge on any atom is -0.418 e. The fourth-order valence-electron chi connectivity index (χ4n) is 3.07. The van der Waals surface area contributed by atoms with Gasteiger partial charge in [0.1, 0.15) is 17.5 Å². The van der Waals surface area contributed by atoms with Gasteiger partial charge in [0.2, 0.25) is 5.88 Å². The Balaban J connectivity index is 1.76. The molecule has 4 heterocycles. The van der Waals surface area contributed by atoms with Crippen LogP contribution in [-0.2, 0) is 6.18 Å². The molecule has 27 heavy (non-hydrogen) atoms. The highest BCUT2D eigenvalue weighted by molar-refractivity contribution is 5.90. The molecule has 1 fully saturated rings. The number of alkyl halides is 3. The molecule has 0 spiro atoms. The third-order valence-corrected chi connectivity index (χ3v) is 4.37. The van der Waals surface area contributed by atoms with Crippen molar-refractivity contribution in [2.45, 2.75) is 25.1 Å². The van der Waals surface area contributed by atoms with Gasteiger partial charge in [-0.1, -0.05) is 0 Å². The average molecular weight is 379 g/mol. The van der Waals surface area contributed by atoms with E-state index in [1.807, 2.05) is 0 Å². The molecule has 0 aromatic carbocycles. The number of nitrogens with two attached hydrogens (primary N) is 1. The van der Waals surface area contributed by atoms with Gasteiger partial charge in [0.25, 0.3) is 5.88 Å². The number of nitrogen functional groups attached to an aromatic ring is 1. The molecule has 1 aliphatic rings. The zero-order valence-electron chi connectivity index (χ0n) is 14.1. The van der Waals surface area contributed by atoms with Crippen LogP contribution in [0.1, 0.15) is 24.4 Å². The van der Waals surface area contributed by atoms with E-state index in [2.05, 4.69) is 25.4 Å². The molecule has 1 saturated heterocycles. The maximum atomic E-state index is 12.9. The van der Waals surface area contributed by atoms with Crippen molar-refractivity contribution in [2.24, 2.45) is 0 Å². The molecule has 1 unspecified atom stereocenters. The molecule has 0 bridgehead atoms. The third-order valence-electron chi connectivity index (χ3n) is 4.37. The lowest BCUT2D eigenvalue weighted by Gasteiger charge is -2.23. The van der Waals surface area contributed by atoms with E-state index in [1.165, 1.54) is 6.33 Å². The highest BCUT2D eigenvalue weighted by Gasteiger charge is 2.31. The van der Waals surface area contributed by atoms with Gasteiger partial charge in [-0.25, -0.2) is 19.6 Å². The van der Waals surface area contributed by atoms with E-state index >= 15 is 0 Å². The van der Waals surface area contributed by atoms with Gasteiger partial charge in [0, 0.05) is 18.8 Å². The number of piperidine rings is 1. The largest absolute Gasteiger partial charge is 0.418 e. The van der Waals surface area contributed by atoms with Crippen molar-refractivity contribution in [2.75, 3.05) is 18.8 Å². The second-order valence-electron chi connectivity index (χ2n) is 6.19. The number of aromatic nitrogens is 5. The molecule has 142 valence electrons. The first kappa shape index (κ1) is 17.5. The van der Waals surface area contributed by atoms with Crippen molar-refractivity contribution in [1.82, 2.24) is 30.0 Å². The molecular weight excluding hydrogens is 363 g/mol. The molecule has 4 rings (SSSR count). The number of ether oxygens (including phenoxy) is 1. The van der Waals surface area contributed by atoms with Crippen molar-refractivity contribution in [3.8, 4) is 11.8 Å². The SMILES string of the molecule is Nc1ncnc2c1c(Oc1cc(C(F)(F)F)ccn1)nn2C1CCCNC1. The summed E-state index contributed by atoms with van der Waals surface area (Å²) < 4.78 is 46.0. The van der Waals surface area contributed by atoms with E-state index in [0.29, 0.717) is 17.6 Å². The quantitative estimate of drug-likeness (QED) is 0.721. The summed E-state index contributed by atoms with van der Waals surface area (Å²) in [5.41, 5.74) is 5.56. The van der Waals surface area contributed by atoms with E-state index in [0.717, 1.165) is 37.7 Å². The zero-order chi connectivity index (χ0) is 19.0. The van der Waals surface area contributed by atoms with Gasteiger partial charge >= 0.3 is 6.18 Å². The highest BCUT2D eigenvalue weighted by Crippen LogP contribution is 2.35. The summed E-state index contributed by atoms with van der Waals surface area (Å²) >= 11 is 0. The average Bonchev–Trinajstić information content (AvgIpc) is 3.02. The molecular formula is C16H16F3N7O. The van der Waals surface area contributed by atoms with Gasteiger partial charge in [0.05, 0.1) is 11.6 Å². The van der Waals surface area contributed by atoms with Gasteiger partial charge < -0.3 is 15.8 Å². The van der Waals surface area contributed by atoms with Crippen LogP contribution < -0.4 is 15.8 Å². The van der Waals surface area contributed by atoms with Crippen molar-refractivity contribution < 1.29 is 17.9 Å². The number of anilines is 1. The highest BCUT2D eigenvalue weighted by atomic mass is 19.4. The van der Waals surface area contributed by atoms with Gasteiger partial charge in [-0.2, -0.15) is 13.2 Å². The summed E-state index contributed by atoms with van der Waals surface area (Å²) in [7, 11) is 0. The maximum absolute atomic E-state index is 12.9. The summed E-state index contributed by atoms with van der Waals surface area (Å²) in [5, 5.41) is 8.04. The van der Waals surface area contributed by atoms with Crippen molar-refractivity contribution in [3.63, 3.8) is 0 Å². The molecule has 8 nitrogen and oxygen atoms in total. The Kier molecular flexibility index (Phi) is 4.30. The minimum absolute atomic E-state index is 0.0282. The van der Waals surface area contributed by atoms with Crippen LogP contribution in [0.4, 0.5) is 19.0 Å². The minimum atomic E-state index is -4.50. The number of nitrogens with one attached hydrogen (secondary N) is 1. The van der Waals surface area contributed by atoms with Crippen molar-refractivity contribution >= 4 is 16.9 Å². The Morgan fingerprint density at radius 3 is 2.85 bits per heavy atom. The number of halogens is 3. The monoisotopic (exact) mass is 379 g/mol. The Bertz CT molecular complexity index is 966. The van der Waals surface area contributed by atoms with Crippen LogP contribution in [-0.4, -0.2) is 37.8 Å². The van der Waals surface area contributed by atoms with Gasteiger partial charge in [-0.05, 0) is 25.5 Å². The lowest BCUT2D eigenvalue weighted by atomic mass is 10.1. The zero-order valence-corrected chi connectivity index (χ0v) is 14.1. The molecule has 0 saturated carbocycles. The summed E-state index contributed by atoms with van der Waals surface area (Å²) in [6.07, 6.45) is -0.300. The molecule has 3 aromatic rings. The lowest BCUT2D eigenvalue weighted by Crippen LogP contribution is -2.32. The molecule has 3 aromatic heterocycles. The summed E-state index contributed by atoms with van der Waals surface area (Å²) in [6, 6.07) is 1.71. The topological polar surface area (TPSA) is 104 Å². The third kappa shape index (κ3) is 3.37. The Hall–Kier alpha value is -2.95. The summed E-state index contributed by atoms with van der Waals surface area (Å²) in [4.78, 5) is 12.0. The predicted molar refractivity (Wildman–Crippen MR) is 90.2 cm³/mol. The maximum Gasteiger partial charge on any atom is 0.416 e. The first-order valence-electron chi connectivity index (χ1n) is 8.34.